The Kier molecular flexibility index (Phi) is 14.1. The van der Waals surface area contributed by atoms with Gasteiger partial charge < -0.3 is 23.8 Å². The van der Waals surface area contributed by atoms with E-state index in [0.717, 1.165) is 73.2 Å². The van der Waals surface area contributed by atoms with Crippen LogP contribution in [0.3, 0.4) is 0 Å². The van der Waals surface area contributed by atoms with Crippen LogP contribution in [-0.4, -0.2) is 67.0 Å². The molecule has 12 heteroatoms. The van der Waals surface area contributed by atoms with Gasteiger partial charge in [-0.25, -0.2) is 0 Å². The molecule has 0 N–H and O–H groups in total. The molecule has 42 heavy (non-hydrogen) atoms. The molecule has 5 nitrogen and oxygen atoms in total. The van der Waals surface area contributed by atoms with Gasteiger partial charge in [-0.3, -0.25) is 0 Å². The fraction of sp³-hybridized carbons (Fsp3) is 0.667. The van der Waals surface area contributed by atoms with Crippen molar-refractivity contribution in [3.05, 3.63) is 39.2 Å². The summed E-state index contributed by atoms with van der Waals surface area (Å²) in [5.74, 6) is 0. The molecule has 4 aliphatic rings. The van der Waals surface area contributed by atoms with E-state index < -0.39 is 0 Å². The number of nitrogens with zero attached hydrogens (tertiary/aromatic N) is 3. The molecule has 0 unspecified atom stereocenters. The van der Waals surface area contributed by atoms with Gasteiger partial charge in [0.2, 0.25) is 0 Å². The van der Waals surface area contributed by atoms with Crippen molar-refractivity contribution >= 4 is 91.3 Å². The molecule has 232 valence electrons. The molecule has 1 aromatic rings. The van der Waals surface area contributed by atoms with E-state index in [9.17, 15) is 0 Å². The highest BCUT2D eigenvalue weighted by Crippen LogP contribution is 2.47. The number of thioether (sulfide) groups is 4. The molecule has 0 saturated carbocycles. The number of aromatic nitrogens is 1. The van der Waals surface area contributed by atoms with E-state index in [1.807, 2.05) is 47.0 Å². The summed E-state index contributed by atoms with van der Waals surface area (Å²) in [7, 11) is 0. The number of ether oxygens (including phenoxy) is 2. The molecule has 0 radical (unpaired) electrons. The van der Waals surface area contributed by atoms with Gasteiger partial charge in [0.25, 0.3) is 0 Å². The molecule has 2 saturated heterocycles. The minimum Gasteiger partial charge on any atom is -0.378 e. The van der Waals surface area contributed by atoms with Crippen molar-refractivity contribution in [1.29, 1.82) is 0 Å². The maximum atomic E-state index is 6.07. The number of hydrogen-bond donors (Lipinski definition) is 0. The van der Waals surface area contributed by atoms with Gasteiger partial charge in [0.05, 0.1) is 55.7 Å². The maximum absolute atomic E-state index is 6.07. The van der Waals surface area contributed by atoms with Crippen LogP contribution in [0.5, 0.6) is 0 Å². The van der Waals surface area contributed by atoms with Crippen molar-refractivity contribution < 1.29 is 9.47 Å². The van der Waals surface area contributed by atoms with Crippen LogP contribution in [0.25, 0.3) is 8.47 Å². The Labute approximate surface area is 282 Å². The second-order valence-electron chi connectivity index (χ2n) is 10.8. The highest BCUT2D eigenvalue weighted by Gasteiger charge is 2.25. The van der Waals surface area contributed by atoms with Gasteiger partial charge in [-0.15, -0.1) is 11.3 Å². The Morgan fingerprint density at radius 3 is 1.52 bits per heavy atom. The fourth-order valence-corrected chi connectivity index (χ4v) is 12.7. The van der Waals surface area contributed by atoms with Gasteiger partial charge in [-0.05, 0) is 6.42 Å². The highest BCUT2D eigenvalue weighted by molar-refractivity contribution is 8.35. The Morgan fingerprint density at radius 1 is 0.643 bits per heavy atom. The third kappa shape index (κ3) is 9.09. The van der Waals surface area contributed by atoms with Gasteiger partial charge >= 0.3 is 0 Å². The fourth-order valence-electron chi connectivity index (χ4n) is 5.43. The zero-order chi connectivity index (χ0) is 29.1. The van der Waals surface area contributed by atoms with Crippen LogP contribution >= 0.6 is 82.8 Å². The summed E-state index contributed by atoms with van der Waals surface area (Å²) in [6.07, 6.45) is 13.3. The second-order valence-corrected chi connectivity index (χ2v) is 17.5. The first kappa shape index (κ1) is 33.4. The van der Waals surface area contributed by atoms with Gasteiger partial charge in [-0.2, -0.15) is 0 Å². The lowest BCUT2D eigenvalue weighted by atomic mass is 10.1. The van der Waals surface area contributed by atoms with Crippen molar-refractivity contribution in [3.63, 3.8) is 0 Å². The van der Waals surface area contributed by atoms with Crippen molar-refractivity contribution in [2.75, 3.05) is 52.6 Å². The van der Waals surface area contributed by atoms with Crippen molar-refractivity contribution in [1.82, 2.24) is 14.4 Å². The van der Waals surface area contributed by atoms with E-state index in [1.165, 1.54) is 87.0 Å². The summed E-state index contributed by atoms with van der Waals surface area (Å²) in [5.41, 5.74) is 0. The quantitative estimate of drug-likeness (QED) is 0.148. The maximum Gasteiger partial charge on any atom is 0.117 e. The van der Waals surface area contributed by atoms with Gasteiger partial charge in [0, 0.05) is 43.5 Å². The van der Waals surface area contributed by atoms with E-state index in [1.54, 1.807) is 11.3 Å². The minimum absolute atomic E-state index is 0.797. The molecule has 2 fully saturated rings. The number of morpholine rings is 2. The number of rotatable bonds is 13. The summed E-state index contributed by atoms with van der Waals surface area (Å²) < 4.78 is 18.1. The Balaban J connectivity index is 1.37. The molecule has 0 atom stereocenters. The summed E-state index contributed by atoms with van der Waals surface area (Å²) in [6.45, 7) is 10.2. The summed E-state index contributed by atoms with van der Waals surface area (Å²) >= 11 is 21.1. The zero-order valence-electron chi connectivity index (χ0n) is 24.6. The molecule has 1 aromatic heterocycles. The van der Waals surface area contributed by atoms with Crippen LogP contribution in [0.2, 0.25) is 0 Å². The predicted molar refractivity (Wildman–Crippen MR) is 193 cm³/mol. The zero-order valence-corrected chi connectivity index (χ0v) is 30.3. The molecular weight excluding hydrogens is 659 g/mol. The highest BCUT2D eigenvalue weighted by atomic mass is 32.2. The van der Waals surface area contributed by atoms with E-state index in [4.69, 9.17) is 33.9 Å². The largest absolute Gasteiger partial charge is 0.378 e. The van der Waals surface area contributed by atoms with Gasteiger partial charge in [0.1, 0.15) is 7.65 Å². The molecule has 0 spiro atoms. The van der Waals surface area contributed by atoms with Gasteiger partial charge in [-0.1, -0.05) is 136 Å². The minimum atomic E-state index is 0.797. The Hall–Kier alpha value is 0.0800. The molecule has 0 amide bonds. The van der Waals surface area contributed by atoms with Crippen LogP contribution in [0.4, 0.5) is 0 Å². The number of unbranched alkanes of at least 4 members (excludes halogenated alkanes) is 9. The summed E-state index contributed by atoms with van der Waals surface area (Å²) in [4.78, 5) is 4.90. The molecule has 4 aliphatic heterocycles. The number of hydrogen-bond acceptors (Lipinski definition) is 11. The van der Waals surface area contributed by atoms with Crippen LogP contribution < -0.4 is 10.7 Å². The normalized spacial score (nSPS) is 22.1. The van der Waals surface area contributed by atoms with E-state index in [2.05, 4.69) is 32.1 Å². The molecule has 0 aromatic carbocycles. The first-order chi connectivity index (χ1) is 20.7. The Bertz CT molecular complexity index is 1270. The van der Waals surface area contributed by atoms with Crippen molar-refractivity contribution in [2.24, 2.45) is 0 Å². The standard InChI is InChI=1S/C30H43N3O2S7/c1-2-3-4-5-6-7-8-9-10-11-12-33-25(29-38-21-23(40-29)31-13-17-34-18-14-31)27(36)42-28(37)26(33)30-39-22-24(41-30)32-15-19-35-20-16-32/h21-22H,2-20H2,1H3/b29-25+,30-26+. The summed E-state index contributed by atoms with van der Waals surface area (Å²) in [6, 6.07) is 0. The van der Waals surface area contributed by atoms with E-state index >= 15 is 0 Å². The van der Waals surface area contributed by atoms with Crippen LogP contribution in [0.15, 0.2) is 20.9 Å². The average molecular weight is 702 g/mol. The van der Waals surface area contributed by atoms with E-state index in [0.29, 0.717) is 0 Å². The first-order valence-corrected chi connectivity index (χ1v) is 20.5. The molecular formula is C30H43N3O2S7. The topological polar surface area (TPSA) is 29.9 Å². The lowest BCUT2D eigenvalue weighted by molar-refractivity contribution is 0.0578. The van der Waals surface area contributed by atoms with Crippen LogP contribution in [-0.2, 0) is 16.0 Å². The third-order valence-electron chi connectivity index (χ3n) is 7.81. The van der Waals surface area contributed by atoms with Gasteiger partial charge in [0.15, 0.2) is 0 Å². The average Bonchev–Trinajstić information content (AvgIpc) is 3.70. The Morgan fingerprint density at radius 2 is 1.07 bits per heavy atom. The molecule has 5 rings (SSSR count). The van der Waals surface area contributed by atoms with Crippen LogP contribution in [0, 0.1) is 7.65 Å². The van der Waals surface area contributed by atoms with Crippen LogP contribution in [0.1, 0.15) is 71.1 Å². The lowest BCUT2D eigenvalue weighted by Crippen LogP contribution is -2.36. The predicted octanol–water partition coefficient (Wildman–Crippen LogP) is 8.28. The summed E-state index contributed by atoms with van der Waals surface area (Å²) in [5, 5.41) is 9.64. The first-order valence-electron chi connectivity index (χ1n) is 15.4. The van der Waals surface area contributed by atoms with Crippen molar-refractivity contribution in [2.45, 2.75) is 77.7 Å². The second kappa shape index (κ2) is 17.7. The van der Waals surface area contributed by atoms with Crippen molar-refractivity contribution in [3.8, 4) is 0 Å². The molecule has 0 aliphatic carbocycles. The molecule has 5 heterocycles. The smallest absolute Gasteiger partial charge is 0.117 e. The molecule has 0 bridgehead atoms. The van der Waals surface area contributed by atoms with E-state index in [-0.39, 0.29) is 0 Å². The lowest BCUT2D eigenvalue weighted by Gasteiger charge is -2.28. The third-order valence-corrected chi connectivity index (χ3v) is 14.3. The monoisotopic (exact) mass is 701 g/mol. The SMILES string of the molecule is CCCCCCCCCCCCn1/c(=C2\SC=C(N3CCOCC3)S2)c(=S)sc(=S)/c1=C1/SC=C(N2CCOCC2)S1.